The molecule has 0 radical (unpaired) electrons. The van der Waals surface area contributed by atoms with Gasteiger partial charge in [0.1, 0.15) is 0 Å². The standard InChI is InChI=1S/C14H20BrNO/c1-9-7-12(8-10(2)17-9)16-14-6-4-5-13(15)11(14)3/h4-6,9-10,12,16H,7-8H2,1-3H3. The van der Waals surface area contributed by atoms with Crippen molar-refractivity contribution in [3.63, 3.8) is 0 Å². The first-order valence-corrected chi connectivity index (χ1v) is 7.02. The van der Waals surface area contributed by atoms with E-state index in [1.165, 1.54) is 11.3 Å². The maximum absolute atomic E-state index is 5.76. The van der Waals surface area contributed by atoms with Crippen LogP contribution in [0, 0.1) is 6.92 Å². The van der Waals surface area contributed by atoms with Crippen molar-refractivity contribution in [1.29, 1.82) is 0 Å². The minimum Gasteiger partial charge on any atom is -0.382 e. The Bertz CT molecular complexity index is 384. The topological polar surface area (TPSA) is 21.3 Å². The number of benzene rings is 1. The molecule has 17 heavy (non-hydrogen) atoms. The van der Waals surface area contributed by atoms with Crippen LogP contribution in [0.5, 0.6) is 0 Å². The van der Waals surface area contributed by atoms with Gasteiger partial charge in [-0.1, -0.05) is 22.0 Å². The van der Waals surface area contributed by atoms with Crippen LogP contribution in [0.3, 0.4) is 0 Å². The highest BCUT2D eigenvalue weighted by Crippen LogP contribution is 2.27. The smallest absolute Gasteiger partial charge is 0.0570 e. The summed E-state index contributed by atoms with van der Waals surface area (Å²) in [6.07, 6.45) is 2.86. The van der Waals surface area contributed by atoms with E-state index in [2.05, 4.69) is 60.2 Å². The SMILES string of the molecule is Cc1c(Br)cccc1NC1CC(C)OC(C)C1. The zero-order valence-electron chi connectivity index (χ0n) is 10.7. The van der Waals surface area contributed by atoms with E-state index >= 15 is 0 Å². The van der Waals surface area contributed by atoms with E-state index in [1.54, 1.807) is 0 Å². The van der Waals surface area contributed by atoms with Gasteiger partial charge in [0, 0.05) is 16.2 Å². The molecule has 1 N–H and O–H groups in total. The van der Waals surface area contributed by atoms with E-state index in [0.717, 1.165) is 17.3 Å². The average molecular weight is 298 g/mol. The minimum absolute atomic E-state index is 0.351. The first-order chi connectivity index (χ1) is 8.06. The molecule has 1 aromatic carbocycles. The predicted molar refractivity (Wildman–Crippen MR) is 75.5 cm³/mol. The summed E-state index contributed by atoms with van der Waals surface area (Å²) in [5.41, 5.74) is 2.50. The Morgan fingerprint density at radius 2 is 1.88 bits per heavy atom. The maximum atomic E-state index is 5.76. The molecule has 2 unspecified atom stereocenters. The highest BCUT2D eigenvalue weighted by molar-refractivity contribution is 9.10. The summed E-state index contributed by atoms with van der Waals surface area (Å²) < 4.78 is 6.92. The molecule has 1 aromatic rings. The molecule has 1 heterocycles. The monoisotopic (exact) mass is 297 g/mol. The molecular weight excluding hydrogens is 278 g/mol. The van der Waals surface area contributed by atoms with Crippen LogP contribution in [-0.2, 0) is 4.74 Å². The third kappa shape index (κ3) is 3.23. The van der Waals surface area contributed by atoms with Crippen molar-refractivity contribution in [3.8, 4) is 0 Å². The van der Waals surface area contributed by atoms with Gasteiger partial charge < -0.3 is 10.1 Å². The van der Waals surface area contributed by atoms with Crippen LogP contribution >= 0.6 is 15.9 Å². The van der Waals surface area contributed by atoms with Crippen LogP contribution in [-0.4, -0.2) is 18.2 Å². The molecule has 0 aliphatic carbocycles. The Labute approximate surface area is 112 Å². The number of halogens is 1. The average Bonchev–Trinajstić information content (AvgIpc) is 2.23. The second-order valence-corrected chi connectivity index (χ2v) is 5.84. The molecular formula is C14H20BrNO. The third-order valence-corrected chi connectivity index (χ3v) is 4.18. The van der Waals surface area contributed by atoms with Crippen LogP contribution in [0.4, 0.5) is 5.69 Å². The normalized spacial score (nSPS) is 29.1. The molecule has 0 saturated carbocycles. The Kier molecular flexibility index (Phi) is 4.10. The third-order valence-electron chi connectivity index (χ3n) is 3.32. The van der Waals surface area contributed by atoms with Gasteiger partial charge in [-0.3, -0.25) is 0 Å². The second kappa shape index (κ2) is 5.40. The van der Waals surface area contributed by atoms with Crippen molar-refractivity contribution in [1.82, 2.24) is 0 Å². The molecule has 3 heteroatoms. The zero-order chi connectivity index (χ0) is 12.4. The van der Waals surface area contributed by atoms with E-state index in [1.807, 2.05) is 0 Å². The molecule has 94 valence electrons. The van der Waals surface area contributed by atoms with Crippen LogP contribution in [0.1, 0.15) is 32.3 Å². The largest absolute Gasteiger partial charge is 0.382 e. The van der Waals surface area contributed by atoms with Crippen molar-refractivity contribution in [2.24, 2.45) is 0 Å². The number of nitrogens with one attached hydrogen (secondary N) is 1. The molecule has 1 aliphatic heterocycles. The summed E-state index contributed by atoms with van der Waals surface area (Å²) in [5.74, 6) is 0. The fourth-order valence-corrected chi connectivity index (χ4v) is 2.87. The Morgan fingerprint density at radius 3 is 2.53 bits per heavy atom. The van der Waals surface area contributed by atoms with Gasteiger partial charge in [-0.15, -0.1) is 0 Å². The lowest BCUT2D eigenvalue weighted by molar-refractivity contribution is -0.0337. The van der Waals surface area contributed by atoms with Crippen LogP contribution in [0.15, 0.2) is 22.7 Å². The lowest BCUT2D eigenvalue weighted by atomic mass is 9.99. The molecule has 0 bridgehead atoms. The lowest BCUT2D eigenvalue weighted by Gasteiger charge is -2.33. The second-order valence-electron chi connectivity index (χ2n) is 4.98. The Balaban J connectivity index is 2.07. The minimum atomic E-state index is 0.351. The molecule has 1 saturated heterocycles. The van der Waals surface area contributed by atoms with Gasteiger partial charge in [0.05, 0.1) is 12.2 Å². The summed E-state index contributed by atoms with van der Waals surface area (Å²) >= 11 is 3.57. The number of anilines is 1. The Hall–Kier alpha value is -0.540. The number of hydrogen-bond donors (Lipinski definition) is 1. The van der Waals surface area contributed by atoms with Crippen molar-refractivity contribution < 1.29 is 4.74 Å². The maximum Gasteiger partial charge on any atom is 0.0570 e. The van der Waals surface area contributed by atoms with Crippen LogP contribution in [0.25, 0.3) is 0 Å². The summed E-state index contributed by atoms with van der Waals surface area (Å²) in [6.45, 7) is 6.44. The van der Waals surface area contributed by atoms with Gasteiger partial charge in [0.25, 0.3) is 0 Å². The van der Waals surface area contributed by atoms with Gasteiger partial charge in [0.15, 0.2) is 0 Å². The molecule has 1 fully saturated rings. The van der Waals surface area contributed by atoms with E-state index in [-0.39, 0.29) is 0 Å². The molecule has 0 spiro atoms. The van der Waals surface area contributed by atoms with Crippen molar-refractivity contribution in [3.05, 3.63) is 28.2 Å². The number of hydrogen-bond acceptors (Lipinski definition) is 2. The van der Waals surface area contributed by atoms with E-state index in [4.69, 9.17) is 4.74 Å². The molecule has 1 aliphatic rings. The molecule has 2 rings (SSSR count). The predicted octanol–water partition coefficient (Wildman–Crippen LogP) is 4.13. The van der Waals surface area contributed by atoms with Crippen molar-refractivity contribution in [2.75, 3.05) is 5.32 Å². The van der Waals surface area contributed by atoms with Crippen molar-refractivity contribution >= 4 is 21.6 Å². The molecule has 0 aromatic heterocycles. The number of ether oxygens (including phenoxy) is 1. The lowest BCUT2D eigenvalue weighted by Crippen LogP contribution is -2.37. The fourth-order valence-electron chi connectivity index (χ4n) is 2.51. The van der Waals surface area contributed by atoms with Gasteiger partial charge in [0.2, 0.25) is 0 Å². The molecule has 2 nitrogen and oxygen atoms in total. The Morgan fingerprint density at radius 1 is 1.24 bits per heavy atom. The van der Waals surface area contributed by atoms with Gasteiger partial charge in [-0.05, 0) is 51.3 Å². The van der Waals surface area contributed by atoms with Gasteiger partial charge in [-0.25, -0.2) is 0 Å². The highest BCUT2D eigenvalue weighted by atomic mass is 79.9. The number of rotatable bonds is 2. The van der Waals surface area contributed by atoms with Gasteiger partial charge >= 0.3 is 0 Å². The first-order valence-electron chi connectivity index (χ1n) is 6.23. The molecule has 0 amide bonds. The van der Waals surface area contributed by atoms with Gasteiger partial charge in [-0.2, -0.15) is 0 Å². The fraction of sp³-hybridized carbons (Fsp3) is 0.571. The quantitative estimate of drug-likeness (QED) is 0.886. The summed E-state index contributed by atoms with van der Waals surface area (Å²) in [4.78, 5) is 0. The zero-order valence-corrected chi connectivity index (χ0v) is 12.3. The summed E-state index contributed by atoms with van der Waals surface area (Å²) in [5, 5.41) is 3.64. The van der Waals surface area contributed by atoms with E-state index in [9.17, 15) is 0 Å². The molecule has 2 atom stereocenters. The van der Waals surface area contributed by atoms with Crippen LogP contribution < -0.4 is 5.32 Å². The van der Waals surface area contributed by atoms with Crippen LogP contribution in [0.2, 0.25) is 0 Å². The first kappa shape index (κ1) is 12.9. The highest BCUT2D eigenvalue weighted by Gasteiger charge is 2.24. The van der Waals surface area contributed by atoms with E-state index in [0.29, 0.717) is 18.2 Å². The van der Waals surface area contributed by atoms with Crippen molar-refractivity contribution in [2.45, 2.75) is 51.9 Å². The summed E-state index contributed by atoms with van der Waals surface area (Å²) in [6, 6.07) is 6.81. The van der Waals surface area contributed by atoms with E-state index < -0.39 is 0 Å². The summed E-state index contributed by atoms with van der Waals surface area (Å²) in [7, 11) is 0.